The molecular formula is C21H28ClN3O2S. The molecule has 0 spiro atoms. The fourth-order valence-corrected chi connectivity index (χ4v) is 4.27. The average Bonchev–Trinajstić information content (AvgIpc) is 3.20. The van der Waals surface area contributed by atoms with Crippen LogP contribution < -0.4 is 10.1 Å². The summed E-state index contributed by atoms with van der Waals surface area (Å²) in [6.07, 6.45) is 0. The molecular weight excluding hydrogens is 394 g/mol. The van der Waals surface area contributed by atoms with Crippen molar-refractivity contribution in [2.24, 2.45) is 0 Å². The number of nitrogens with zero attached hydrogens (tertiary/aromatic N) is 2. The molecule has 0 saturated carbocycles. The van der Waals surface area contributed by atoms with Crippen molar-refractivity contribution in [3.8, 4) is 5.75 Å². The van der Waals surface area contributed by atoms with Crippen molar-refractivity contribution in [3.63, 3.8) is 0 Å². The minimum Gasteiger partial charge on any atom is -0.484 e. The van der Waals surface area contributed by atoms with Crippen molar-refractivity contribution in [1.82, 2.24) is 15.1 Å². The van der Waals surface area contributed by atoms with Gasteiger partial charge in [-0.25, -0.2) is 0 Å². The van der Waals surface area contributed by atoms with E-state index in [4.69, 9.17) is 16.3 Å². The van der Waals surface area contributed by atoms with E-state index in [-0.39, 0.29) is 18.6 Å². The Morgan fingerprint density at radius 2 is 1.93 bits per heavy atom. The van der Waals surface area contributed by atoms with Crippen LogP contribution in [-0.4, -0.2) is 62.1 Å². The number of amides is 1. The quantitative estimate of drug-likeness (QED) is 0.743. The third-order valence-electron chi connectivity index (χ3n) is 5.18. The number of piperazine rings is 1. The molecule has 1 fully saturated rings. The summed E-state index contributed by atoms with van der Waals surface area (Å²) in [6.45, 7) is 8.56. The number of nitrogens with one attached hydrogen (secondary N) is 1. The predicted octanol–water partition coefficient (Wildman–Crippen LogP) is 3.50. The van der Waals surface area contributed by atoms with E-state index in [1.165, 1.54) is 5.56 Å². The van der Waals surface area contributed by atoms with E-state index in [1.807, 2.05) is 26.0 Å². The lowest BCUT2D eigenvalue weighted by Gasteiger charge is -2.38. The Bertz CT molecular complexity index is 766. The molecule has 0 radical (unpaired) electrons. The highest BCUT2D eigenvalue weighted by molar-refractivity contribution is 7.08. The Hall–Kier alpha value is -1.60. The number of likely N-dealkylation sites (N-methyl/N-ethyl adjacent to an activating group) is 1. The smallest absolute Gasteiger partial charge is 0.258 e. The first-order valence-electron chi connectivity index (χ1n) is 9.55. The summed E-state index contributed by atoms with van der Waals surface area (Å²) in [5.41, 5.74) is 3.16. The highest BCUT2D eigenvalue weighted by Gasteiger charge is 2.24. The summed E-state index contributed by atoms with van der Waals surface area (Å²) in [4.78, 5) is 17.2. The third-order valence-corrected chi connectivity index (χ3v) is 6.48. The highest BCUT2D eigenvalue weighted by atomic mass is 35.5. The number of hydrogen-bond donors (Lipinski definition) is 1. The van der Waals surface area contributed by atoms with Gasteiger partial charge in [-0.15, -0.1) is 0 Å². The van der Waals surface area contributed by atoms with Crippen LogP contribution in [0, 0.1) is 13.8 Å². The van der Waals surface area contributed by atoms with Crippen molar-refractivity contribution in [3.05, 3.63) is 50.7 Å². The lowest BCUT2D eigenvalue weighted by atomic mass is 10.1. The van der Waals surface area contributed by atoms with Crippen molar-refractivity contribution in [2.45, 2.75) is 19.9 Å². The zero-order valence-corrected chi connectivity index (χ0v) is 18.3. The maximum atomic E-state index is 12.4. The van der Waals surface area contributed by atoms with E-state index in [0.717, 1.165) is 42.3 Å². The number of rotatable bonds is 7. The summed E-state index contributed by atoms with van der Waals surface area (Å²) in [7, 11) is 2.15. The Kier molecular flexibility index (Phi) is 7.35. The molecule has 1 unspecified atom stereocenters. The van der Waals surface area contributed by atoms with Crippen LogP contribution in [0.5, 0.6) is 5.75 Å². The van der Waals surface area contributed by atoms with Crippen molar-refractivity contribution < 1.29 is 9.53 Å². The topological polar surface area (TPSA) is 44.8 Å². The van der Waals surface area contributed by atoms with E-state index in [1.54, 1.807) is 11.3 Å². The molecule has 2 heterocycles. The predicted molar refractivity (Wildman–Crippen MR) is 116 cm³/mol. The molecule has 1 aliphatic rings. The first kappa shape index (κ1) is 21.1. The largest absolute Gasteiger partial charge is 0.484 e. The monoisotopic (exact) mass is 421 g/mol. The standard InChI is InChI=1S/C21H28ClN3O2S/c1-15-10-18(11-16(2)21(15)22)27-13-20(26)23-12-19(17-4-9-28-14-17)25-7-5-24(3)6-8-25/h4,9-11,14,19H,5-8,12-13H2,1-3H3,(H,23,26). The summed E-state index contributed by atoms with van der Waals surface area (Å²) in [5, 5.41) is 8.05. The third kappa shape index (κ3) is 5.47. The molecule has 5 nitrogen and oxygen atoms in total. The molecule has 1 aromatic carbocycles. The van der Waals surface area contributed by atoms with Gasteiger partial charge in [0.1, 0.15) is 5.75 Å². The Labute approximate surface area is 176 Å². The lowest BCUT2D eigenvalue weighted by Crippen LogP contribution is -2.48. The Balaban J connectivity index is 1.55. The van der Waals surface area contributed by atoms with Crippen LogP contribution in [0.4, 0.5) is 0 Å². The number of ether oxygens (including phenoxy) is 1. The van der Waals surface area contributed by atoms with Crippen molar-refractivity contribution >= 4 is 28.8 Å². The molecule has 152 valence electrons. The molecule has 1 atom stereocenters. The molecule has 1 N–H and O–H groups in total. The van der Waals surface area contributed by atoms with Gasteiger partial charge in [-0.3, -0.25) is 9.69 Å². The molecule has 28 heavy (non-hydrogen) atoms. The van der Waals surface area contributed by atoms with Crippen LogP contribution in [0.25, 0.3) is 0 Å². The number of thiophene rings is 1. The van der Waals surface area contributed by atoms with Gasteiger partial charge in [-0.05, 0) is 66.5 Å². The number of halogens is 1. The second kappa shape index (κ2) is 9.74. The highest BCUT2D eigenvalue weighted by Crippen LogP contribution is 2.26. The minimum atomic E-state index is -0.111. The van der Waals surface area contributed by atoms with E-state index in [9.17, 15) is 4.79 Å². The second-order valence-electron chi connectivity index (χ2n) is 7.38. The first-order chi connectivity index (χ1) is 13.4. The average molecular weight is 422 g/mol. The Morgan fingerprint density at radius 1 is 1.25 bits per heavy atom. The molecule has 1 saturated heterocycles. The van der Waals surface area contributed by atoms with Gasteiger partial charge in [0, 0.05) is 37.7 Å². The fraction of sp³-hybridized carbons (Fsp3) is 0.476. The summed E-state index contributed by atoms with van der Waals surface area (Å²) in [6, 6.07) is 6.07. The number of carbonyl (C=O) groups excluding carboxylic acids is 1. The summed E-state index contributed by atoms with van der Waals surface area (Å²) >= 11 is 7.88. The van der Waals surface area contributed by atoms with Crippen molar-refractivity contribution in [2.75, 3.05) is 46.4 Å². The second-order valence-corrected chi connectivity index (χ2v) is 8.53. The summed E-state index contributed by atoms with van der Waals surface area (Å²) < 4.78 is 5.68. The van der Waals surface area contributed by atoms with Gasteiger partial charge >= 0.3 is 0 Å². The zero-order chi connectivity index (χ0) is 20.1. The van der Waals surface area contributed by atoms with Crippen LogP contribution in [0.1, 0.15) is 22.7 Å². The molecule has 0 aliphatic carbocycles. The van der Waals surface area contributed by atoms with Crippen molar-refractivity contribution in [1.29, 1.82) is 0 Å². The van der Waals surface area contributed by atoms with Gasteiger partial charge in [0.2, 0.25) is 0 Å². The number of aryl methyl sites for hydroxylation is 2. The minimum absolute atomic E-state index is 0.000390. The van der Waals surface area contributed by atoms with E-state index < -0.39 is 0 Å². The van der Waals surface area contributed by atoms with E-state index >= 15 is 0 Å². The van der Waals surface area contributed by atoms with Gasteiger partial charge in [0.15, 0.2) is 6.61 Å². The van der Waals surface area contributed by atoms with Crippen LogP contribution in [0.2, 0.25) is 5.02 Å². The molecule has 1 amide bonds. The van der Waals surface area contributed by atoms with Gasteiger partial charge in [0.25, 0.3) is 5.91 Å². The number of benzene rings is 1. The van der Waals surface area contributed by atoms with Crippen LogP contribution >= 0.6 is 22.9 Å². The molecule has 0 bridgehead atoms. The normalized spacial score (nSPS) is 16.7. The number of carbonyl (C=O) groups is 1. The van der Waals surface area contributed by atoms with E-state index in [0.29, 0.717) is 12.3 Å². The van der Waals surface area contributed by atoms with E-state index in [2.05, 4.69) is 39.0 Å². The van der Waals surface area contributed by atoms with Gasteiger partial charge in [-0.2, -0.15) is 11.3 Å². The SMILES string of the molecule is Cc1cc(OCC(=O)NCC(c2ccsc2)N2CCN(C)CC2)cc(C)c1Cl. The lowest BCUT2D eigenvalue weighted by molar-refractivity contribution is -0.123. The maximum Gasteiger partial charge on any atom is 0.258 e. The molecule has 1 aliphatic heterocycles. The van der Waals surface area contributed by atoms with Crippen LogP contribution in [-0.2, 0) is 4.79 Å². The molecule has 3 rings (SSSR count). The summed E-state index contributed by atoms with van der Waals surface area (Å²) in [5.74, 6) is 0.558. The molecule has 7 heteroatoms. The Morgan fingerprint density at radius 3 is 2.54 bits per heavy atom. The fourth-order valence-electron chi connectivity index (χ4n) is 3.46. The molecule has 2 aromatic rings. The molecule has 1 aromatic heterocycles. The van der Waals surface area contributed by atoms with Gasteiger partial charge in [0.05, 0.1) is 6.04 Å². The zero-order valence-electron chi connectivity index (χ0n) is 16.7. The van der Waals surface area contributed by atoms with Crippen LogP contribution in [0.3, 0.4) is 0 Å². The maximum absolute atomic E-state index is 12.4. The van der Waals surface area contributed by atoms with Gasteiger partial charge in [-0.1, -0.05) is 11.6 Å². The first-order valence-corrected chi connectivity index (χ1v) is 10.9. The number of hydrogen-bond acceptors (Lipinski definition) is 5. The van der Waals surface area contributed by atoms with Gasteiger partial charge < -0.3 is 15.0 Å². The van der Waals surface area contributed by atoms with Crippen LogP contribution in [0.15, 0.2) is 29.0 Å².